The number of anilines is 2. The molecule has 0 unspecified atom stereocenters. The summed E-state index contributed by atoms with van der Waals surface area (Å²) < 4.78 is 13.4. The third-order valence-corrected chi connectivity index (χ3v) is 3.03. The highest BCUT2D eigenvalue weighted by Gasteiger charge is 2.17. The third kappa shape index (κ3) is 2.96. The summed E-state index contributed by atoms with van der Waals surface area (Å²) in [4.78, 5) is 14.1. The fourth-order valence-electron chi connectivity index (χ4n) is 2.15. The first-order valence-electron chi connectivity index (χ1n) is 6.46. The Morgan fingerprint density at radius 3 is 2.60 bits per heavy atom. The lowest BCUT2D eigenvalue weighted by molar-refractivity contribution is 0.0988. The quantitative estimate of drug-likeness (QED) is 0.871. The lowest BCUT2D eigenvalue weighted by Crippen LogP contribution is -2.30. The molecule has 2 aromatic rings. The van der Waals surface area contributed by atoms with Crippen LogP contribution in [0.15, 0.2) is 42.5 Å². The number of hydrogen-bond acceptors (Lipinski definition) is 2. The van der Waals surface area contributed by atoms with Gasteiger partial charge in [0.25, 0.3) is 5.91 Å². The molecule has 0 atom stereocenters. The Morgan fingerprint density at radius 1 is 1.25 bits per heavy atom. The van der Waals surface area contributed by atoms with E-state index in [0.29, 0.717) is 23.5 Å². The summed E-state index contributed by atoms with van der Waals surface area (Å²) in [6.45, 7) is 4.11. The van der Waals surface area contributed by atoms with Crippen LogP contribution >= 0.6 is 0 Å². The van der Waals surface area contributed by atoms with Gasteiger partial charge in [-0.1, -0.05) is 6.07 Å². The SMILES string of the molecule is CCN(C(=O)c1cc(C)cc(F)c1)c1cccc(N)c1. The maximum absolute atomic E-state index is 13.4. The minimum Gasteiger partial charge on any atom is -0.399 e. The van der Waals surface area contributed by atoms with Crippen molar-refractivity contribution < 1.29 is 9.18 Å². The molecule has 0 aromatic heterocycles. The van der Waals surface area contributed by atoms with Crippen LogP contribution in [0.2, 0.25) is 0 Å². The maximum atomic E-state index is 13.4. The second kappa shape index (κ2) is 5.74. The van der Waals surface area contributed by atoms with Crippen molar-refractivity contribution in [3.63, 3.8) is 0 Å². The van der Waals surface area contributed by atoms with E-state index in [1.807, 2.05) is 13.0 Å². The molecule has 0 aliphatic heterocycles. The molecule has 0 saturated heterocycles. The zero-order valence-corrected chi connectivity index (χ0v) is 11.6. The number of carbonyl (C=O) groups excluding carboxylic acids is 1. The topological polar surface area (TPSA) is 46.3 Å². The van der Waals surface area contributed by atoms with Gasteiger partial charge in [-0.05, 0) is 55.8 Å². The Hall–Kier alpha value is -2.36. The van der Waals surface area contributed by atoms with Crippen molar-refractivity contribution in [1.29, 1.82) is 0 Å². The first kappa shape index (κ1) is 14.1. The predicted molar refractivity (Wildman–Crippen MR) is 79.3 cm³/mol. The first-order chi connectivity index (χ1) is 9.51. The van der Waals surface area contributed by atoms with E-state index >= 15 is 0 Å². The van der Waals surface area contributed by atoms with E-state index in [1.54, 1.807) is 36.1 Å². The van der Waals surface area contributed by atoms with Gasteiger partial charge in [0.1, 0.15) is 5.82 Å². The highest BCUT2D eigenvalue weighted by molar-refractivity contribution is 6.06. The van der Waals surface area contributed by atoms with Crippen LogP contribution in [-0.4, -0.2) is 12.5 Å². The summed E-state index contributed by atoms with van der Waals surface area (Å²) in [5, 5.41) is 0. The highest BCUT2D eigenvalue weighted by atomic mass is 19.1. The Bertz CT molecular complexity index is 620. The number of halogens is 1. The first-order valence-corrected chi connectivity index (χ1v) is 6.46. The summed E-state index contributed by atoms with van der Waals surface area (Å²) in [6, 6.07) is 11.4. The Balaban J connectivity index is 2.38. The molecule has 0 saturated carbocycles. The molecule has 0 bridgehead atoms. The van der Waals surface area contributed by atoms with Gasteiger partial charge < -0.3 is 10.6 Å². The van der Waals surface area contributed by atoms with Gasteiger partial charge >= 0.3 is 0 Å². The van der Waals surface area contributed by atoms with Crippen LogP contribution < -0.4 is 10.6 Å². The average Bonchev–Trinajstić information content (AvgIpc) is 2.38. The minimum absolute atomic E-state index is 0.235. The number of hydrogen-bond donors (Lipinski definition) is 1. The molecule has 2 N–H and O–H groups in total. The summed E-state index contributed by atoms with van der Waals surface area (Å²) in [5.74, 6) is -0.641. The molecule has 0 aliphatic carbocycles. The van der Waals surface area contributed by atoms with Crippen LogP contribution in [0.25, 0.3) is 0 Å². The van der Waals surface area contributed by atoms with E-state index in [1.165, 1.54) is 12.1 Å². The van der Waals surface area contributed by atoms with Crippen molar-refractivity contribution in [3.05, 3.63) is 59.4 Å². The van der Waals surface area contributed by atoms with E-state index in [2.05, 4.69) is 0 Å². The number of nitrogens with zero attached hydrogens (tertiary/aromatic N) is 1. The number of nitrogens with two attached hydrogens (primary N) is 1. The summed E-state index contributed by atoms with van der Waals surface area (Å²) in [6.07, 6.45) is 0. The van der Waals surface area contributed by atoms with Gasteiger partial charge in [0.05, 0.1) is 0 Å². The molecule has 0 aliphatic rings. The van der Waals surface area contributed by atoms with Crippen molar-refractivity contribution in [2.45, 2.75) is 13.8 Å². The predicted octanol–water partition coefficient (Wildman–Crippen LogP) is 3.38. The standard InChI is InChI=1S/C16H17FN2O/c1-3-19(15-6-4-5-14(18)10-15)16(20)12-7-11(2)8-13(17)9-12/h4-10H,3,18H2,1-2H3. The number of benzene rings is 2. The van der Waals surface area contributed by atoms with E-state index in [4.69, 9.17) is 5.73 Å². The monoisotopic (exact) mass is 272 g/mol. The smallest absolute Gasteiger partial charge is 0.258 e. The van der Waals surface area contributed by atoms with Crippen molar-refractivity contribution in [3.8, 4) is 0 Å². The Kier molecular flexibility index (Phi) is 4.03. The number of carbonyl (C=O) groups is 1. The lowest BCUT2D eigenvalue weighted by atomic mass is 10.1. The maximum Gasteiger partial charge on any atom is 0.258 e. The molecular formula is C16H17FN2O. The largest absolute Gasteiger partial charge is 0.399 e. The summed E-state index contributed by atoms with van der Waals surface area (Å²) >= 11 is 0. The molecule has 4 heteroatoms. The van der Waals surface area contributed by atoms with E-state index in [-0.39, 0.29) is 5.91 Å². The van der Waals surface area contributed by atoms with Crippen LogP contribution in [0.1, 0.15) is 22.8 Å². The Labute approximate surface area is 117 Å². The number of rotatable bonds is 3. The molecule has 0 fully saturated rings. The molecule has 1 amide bonds. The van der Waals surface area contributed by atoms with E-state index in [9.17, 15) is 9.18 Å². The molecule has 2 aromatic carbocycles. The van der Waals surface area contributed by atoms with Gasteiger partial charge in [-0.15, -0.1) is 0 Å². The number of amides is 1. The van der Waals surface area contributed by atoms with Crippen molar-refractivity contribution >= 4 is 17.3 Å². The van der Waals surface area contributed by atoms with Crippen molar-refractivity contribution in [2.24, 2.45) is 0 Å². The van der Waals surface area contributed by atoms with Crippen LogP contribution in [-0.2, 0) is 0 Å². The fraction of sp³-hybridized carbons (Fsp3) is 0.188. The molecule has 0 heterocycles. The average molecular weight is 272 g/mol. The zero-order valence-electron chi connectivity index (χ0n) is 11.6. The Morgan fingerprint density at radius 2 is 2.00 bits per heavy atom. The number of nitrogen functional groups attached to an aromatic ring is 1. The van der Waals surface area contributed by atoms with E-state index in [0.717, 1.165) is 5.56 Å². The van der Waals surface area contributed by atoms with E-state index < -0.39 is 5.82 Å². The van der Waals surface area contributed by atoms with Gasteiger partial charge in [0.15, 0.2) is 0 Å². The van der Waals surface area contributed by atoms with Gasteiger partial charge in [0.2, 0.25) is 0 Å². The molecule has 0 radical (unpaired) electrons. The molecule has 104 valence electrons. The second-order valence-corrected chi connectivity index (χ2v) is 4.66. The molecule has 20 heavy (non-hydrogen) atoms. The van der Waals surface area contributed by atoms with Crippen molar-refractivity contribution in [2.75, 3.05) is 17.2 Å². The highest BCUT2D eigenvalue weighted by Crippen LogP contribution is 2.20. The van der Waals surface area contributed by atoms with Crippen LogP contribution in [0.4, 0.5) is 15.8 Å². The number of aryl methyl sites for hydroxylation is 1. The molecule has 3 nitrogen and oxygen atoms in total. The van der Waals surface area contributed by atoms with Crippen molar-refractivity contribution in [1.82, 2.24) is 0 Å². The molecule has 2 rings (SSSR count). The third-order valence-electron chi connectivity index (χ3n) is 3.03. The van der Waals surface area contributed by atoms with Gasteiger partial charge in [-0.3, -0.25) is 4.79 Å². The van der Waals surface area contributed by atoms with Gasteiger partial charge in [-0.25, -0.2) is 4.39 Å². The van der Waals surface area contributed by atoms with Crippen LogP contribution in [0.3, 0.4) is 0 Å². The lowest BCUT2D eigenvalue weighted by Gasteiger charge is -2.21. The molecule has 0 spiro atoms. The minimum atomic E-state index is -0.406. The van der Waals surface area contributed by atoms with Gasteiger partial charge in [0, 0.05) is 23.5 Å². The normalized spacial score (nSPS) is 10.3. The summed E-state index contributed by atoms with van der Waals surface area (Å²) in [5.41, 5.74) is 8.09. The molecular weight excluding hydrogens is 255 g/mol. The summed E-state index contributed by atoms with van der Waals surface area (Å²) in [7, 11) is 0. The fourth-order valence-corrected chi connectivity index (χ4v) is 2.15. The zero-order chi connectivity index (χ0) is 14.7. The van der Waals surface area contributed by atoms with Crippen LogP contribution in [0.5, 0.6) is 0 Å². The second-order valence-electron chi connectivity index (χ2n) is 4.66. The van der Waals surface area contributed by atoms with Gasteiger partial charge in [-0.2, -0.15) is 0 Å². The van der Waals surface area contributed by atoms with Crippen LogP contribution in [0, 0.1) is 12.7 Å².